The van der Waals surface area contributed by atoms with Gasteiger partial charge < -0.3 is 14.4 Å². The van der Waals surface area contributed by atoms with Gasteiger partial charge in [0.2, 0.25) is 5.91 Å². The van der Waals surface area contributed by atoms with Gasteiger partial charge in [0.15, 0.2) is 11.5 Å². The minimum atomic E-state index is 0.168. The lowest BCUT2D eigenvalue weighted by molar-refractivity contribution is -0.132. The molecule has 1 aromatic rings. The first-order valence-corrected chi connectivity index (χ1v) is 10.2. The number of halogens is 1. The Labute approximate surface area is 160 Å². The Bertz CT molecular complexity index is 653. The number of ether oxygens (including phenoxy) is 2. The molecule has 0 unspecified atom stereocenters. The average Bonchev–Trinajstić information content (AvgIpc) is 3.08. The molecule has 0 N–H and O–H groups in total. The third kappa shape index (κ3) is 3.94. The lowest BCUT2D eigenvalue weighted by Gasteiger charge is -2.38. The van der Waals surface area contributed by atoms with Gasteiger partial charge in [0, 0.05) is 38.6 Å². The van der Waals surface area contributed by atoms with Crippen molar-refractivity contribution >= 4 is 17.5 Å². The van der Waals surface area contributed by atoms with Crippen LogP contribution >= 0.6 is 11.6 Å². The standard InChI is InChI=1S/C20H27ClN2O3/c21-17-12-15(13-18-20(17)26-11-3-10-25-18)14-19(24)23-8-6-22(7-9-23)16-4-1-2-5-16/h12-13,16H,1-11,14H2. The van der Waals surface area contributed by atoms with E-state index in [9.17, 15) is 4.79 Å². The number of fused-ring (bicyclic) bond motifs is 1. The van der Waals surface area contributed by atoms with E-state index >= 15 is 0 Å². The van der Waals surface area contributed by atoms with Crippen molar-refractivity contribution in [3.05, 3.63) is 22.7 Å². The molecule has 1 aliphatic carbocycles. The maximum Gasteiger partial charge on any atom is 0.227 e. The highest BCUT2D eigenvalue weighted by molar-refractivity contribution is 6.32. The van der Waals surface area contributed by atoms with Gasteiger partial charge in [-0.15, -0.1) is 0 Å². The predicted octanol–water partition coefficient (Wildman–Crippen LogP) is 3.13. The monoisotopic (exact) mass is 378 g/mol. The summed E-state index contributed by atoms with van der Waals surface area (Å²) in [4.78, 5) is 17.3. The van der Waals surface area contributed by atoms with Crippen molar-refractivity contribution in [2.24, 2.45) is 0 Å². The van der Waals surface area contributed by atoms with Crippen LogP contribution < -0.4 is 9.47 Å². The Morgan fingerprint density at radius 3 is 2.54 bits per heavy atom. The van der Waals surface area contributed by atoms with Crippen LogP contribution in [0, 0.1) is 0 Å². The van der Waals surface area contributed by atoms with E-state index in [4.69, 9.17) is 21.1 Å². The number of carbonyl (C=O) groups is 1. The maximum absolute atomic E-state index is 12.7. The third-order valence-electron chi connectivity index (χ3n) is 5.73. The summed E-state index contributed by atoms with van der Waals surface area (Å²) in [5, 5.41) is 0.526. The first-order chi connectivity index (χ1) is 12.7. The summed E-state index contributed by atoms with van der Waals surface area (Å²) in [7, 11) is 0. The van der Waals surface area contributed by atoms with Crippen LogP contribution in [-0.2, 0) is 11.2 Å². The molecule has 0 radical (unpaired) electrons. The van der Waals surface area contributed by atoms with Gasteiger partial charge in [0.1, 0.15) is 0 Å². The molecule has 3 aliphatic rings. The summed E-state index contributed by atoms with van der Waals surface area (Å²) in [6.45, 7) is 4.87. The van der Waals surface area contributed by atoms with Crippen LogP contribution in [0.3, 0.4) is 0 Å². The fourth-order valence-electron chi connectivity index (χ4n) is 4.28. The van der Waals surface area contributed by atoms with Gasteiger partial charge >= 0.3 is 0 Å². The van der Waals surface area contributed by atoms with Crippen LogP contribution in [0.5, 0.6) is 11.5 Å². The molecule has 1 saturated carbocycles. The van der Waals surface area contributed by atoms with Crippen LogP contribution in [-0.4, -0.2) is 61.1 Å². The summed E-state index contributed by atoms with van der Waals surface area (Å²) in [5.41, 5.74) is 0.891. The van der Waals surface area contributed by atoms with E-state index in [-0.39, 0.29) is 5.91 Å². The normalized spacial score (nSPS) is 21.7. The molecule has 1 aromatic carbocycles. The summed E-state index contributed by atoms with van der Waals surface area (Å²) in [6.07, 6.45) is 6.56. The Morgan fingerprint density at radius 2 is 1.77 bits per heavy atom. The molecule has 6 heteroatoms. The number of nitrogens with zero attached hydrogens (tertiary/aromatic N) is 2. The second kappa shape index (κ2) is 8.05. The van der Waals surface area contributed by atoms with Crippen LogP contribution in [0.1, 0.15) is 37.7 Å². The van der Waals surface area contributed by atoms with Crippen molar-refractivity contribution in [1.82, 2.24) is 9.80 Å². The van der Waals surface area contributed by atoms with Gasteiger partial charge in [-0.2, -0.15) is 0 Å². The molecule has 1 amide bonds. The zero-order valence-electron chi connectivity index (χ0n) is 15.2. The van der Waals surface area contributed by atoms with Crippen LogP contribution in [0.25, 0.3) is 0 Å². The summed E-state index contributed by atoms with van der Waals surface area (Å²) < 4.78 is 11.4. The van der Waals surface area contributed by atoms with Crippen molar-refractivity contribution < 1.29 is 14.3 Å². The molecular formula is C20H27ClN2O3. The largest absolute Gasteiger partial charge is 0.489 e. The average molecular weight is 379 g/mol. The quantitative estimate of drug-likeness (QED) is 0.810. The van der Waals surface area contributed by atoms with E-state index in [1.165, 1.54) is 25.7 Å². The highest BCUT2D eigenvalue weighted by Gasteiger charge is 2.28. The zero-order chi connectivity index (χ0) is 17.9. The van der Waals surface area contributed by atoms with Gasteiger partial charge in [-0.3, -0.25) is 9.69 Å². The van der Waals surface area contributed by atoms with E-state index < -0.39 is 0 Å². The van der Waals surface area contributed by atoms with E-state index in [1.807, 2.05) is 17.0 Å². The highest BCUT2D eigenvalue weighted by atomic mass is 35.5. The maximum atomic E-state index is 12.7. The van der Waals surface area contributed by atoms with E-state index in [0.29, 0.717) is 36.2 Å². The molecular weight excluding hydrogens is 352 g/mol. The molecule has 0 atom stereocenters. The second-order valence-electron chi connectivity index (χ2n) is 7.49. The van der Waals surface area contributed by atoms with Gasteiger partial charge in [-0.05, 0) is 30.5 Å². The molecule has 0 bridgehead atoms. The SMILES string of the molecule is O=C(Cc1cc(Cl)c2c(c1)OCCCO2)N1CCN(C2CCCC2)CC1. The van der Waals surface area contributed by atoms with Crippen LogP contribution in [0.15, 0.2) is 12.1 Å². The fourth-order valence-corrected chi connectivity index (χ4v) is 4.57. The number of benzene rings is 1. The van der Waals surface area contributed by atoms with Crippen molar-refractivity contribution in [3.63, 3.8) is 0 Å². The second-order valence-corrected chi connectivity index (χ2v) is 7.89. The number of amides is 1. The molecule has 2 fully saturated rings. The van der Waals surface area contributed by atoms with Gasteiger partial charge in [-0.25, -0.2) is 0 Å². The number of rotatable bonds is 3. The lowest BCUT2D eigenvalue weighted by Crippen LogP contribution is -2.51. The Kier molecular flexibility index (Phi) is 5.55. The number of hydrogen-bond donors (Lipinski definition) is 0. The molecule has 0 spiro atoms. The van der Waals surface area contributed by atoms with Crippen molar-refractivity contribution in [2.75, 3.05) is 39.4 Å². The van der Waals surface area contributed by atoms with Gasteiger partial charge in [0.25, 0.3) is 0 Å². The van der Waals surface area contributed by atoms with Crippen molar-refractivity contribution in [3.8, 4) is 11.5 Å². The van der Waals surface area contributed by atoms with Gasteiger partial charge in [0.05, 0.1) is 24.7 Å². The molecule has 26 heavy (non-hydrogen) atoms. The molecule has 2 aliphatic heterocycles. The van der Waals surface area contributed by atoms with E-state index in [0.717, 1.165) is 44.2 Å². The number of hydrogen-bond acceptors (Lipinski definition) is 4. The Balaban J connectivity index is 1.36. The molecule has 142 valence electrons. The topological polar surface area (TPSA) is 42.0 Å². The van der Waals surface area contributed by atoms with Crippen molar-refractivity contribution in [1.29, 1.82) is 0 Å². The molecule has 4 rings (SSSR count). The van der Waals surface area contributed by atoms with Crippen molar-refractivity contribution in [2.45, 2.75) is 44.6 Å². The fraction of sp³-hybridized carbons (Fsp3) is 0.650. The van der Waals surface area contributed by atoms with E-state index in [1.54, 1.807) is 0 Å². The van der Waals surface area contributed by atoms with E-state index in [2.05, 4.69) is 4.90 Å². The van der Waals surface area contributed by atoms with Crippen LogP contribution in [0.2, 0.25) is 5.02 Å². The summed E-state index contributed by atoms with van der Waals surface area (Å²) >= 11 is 6.34. The Morgan fingerprint density at radius 1 is 1.04 bits per heavy atom. The smallest absolute Gasteiger partial charge is 0.227 e. The highest BCUT2D eigenvalue weighted by Crippen LogP contribution is 2.38. The molecule has 0 aromatic heterocycles. The first-order valence-electron chi connectivity index (χ1n) is 9.80. The summed E-state index contributed by atoms with van der Waals surface area (Å²) in [5.74, 6) is 1.43. The Hall–Kier alpha value is -1.46. The van der Waals surface area contributed by atoms with Gasteiger partial charge in [-0.1, -0.05) is 24.4 Å². The molecule has 2 heterocycles. The third-order valence-corrected chi connectivity index (χ3v) is 6.01. The molecule has 1 saturated heterocycles. The zero-order valence-corrected chi connectivity index (χ0v) is 16.0. The molecule has 5 nitrogen and oxygen atoms in total. The summed E-state index contributed by atoms with van der Waals surface area (Å²) in [6, 6.07) is 4.48. The predicted molar refractivity (Wildman–Crippen MR) is 101 cm³/mol. The van der Waals surface area contributed by atoms with Crippen LogP contribution in [0.4, 0.5) is 0 Å². The number of piperazine rings is 1. The minimum Gasteiger partial charge on any atom is -0.489 e. The lowest BCUT2D eigenvalue weighted by atomic mass is 10.1. The minimum absolute atomic E-state index is 0.168. The first kappa shape index (κ1) is 17.9. The number of carbonyl (C=O) groups excluding carboxylic acids is 1.